The summed E-state index contributed by atoms with van der Waals surface area (Å²) in [5, 5.41) is 21.5. The third-order valence-corrected chi connectivity index (χ3v) is 4.35. The Balaban J connectivity index is 1.87. The third-order valence-electron chi connectivity index (χ3n) is 4.35. The van der Waals surface area contributed by atoms with Crippen LogP contribution in [0.4, 0.5) is 11.4 Å². The molecule has 0 atom stereocenters. The van der Waals surface area contributed by atoms with Gasteiger partial charge in [-0.1, -0.05) is 0 Å². The van der Waals surface area contributed by atoms with E-state index in [1.54, 1.807) is 36.4 Å². The Bertz CT molecular complexity index is 912. The predicted octanol–water partition coefficient (Wildman–Crippen LogP) is 3.48. The van der Waals surface area contributed by atoms with Gasteiger partial charge in [0.25, 0.3) is 11.4 Å². The summed E-state index contributed by atoms with van der Waals surface area (Å²) in [5.74, 6) is -0.102. The summed E-state index contributed by atoms with van der Waals surface area (Å²) in [5.41, 5.74) is 2.56. The average molecular weight is 379 g/mol. The lowest BCUT2D eigenvalue weighted by atomic mass is 9.94. The SMILES string of the molecule is CN1C/C(=C\c2ccc([N+](=O)[O-])cc2)C(=O)/C(=C/c2ccc([N+](=O)[O-])cc2)C1. The molecular weight excluding hydrogens is 362 g/mol. The van der Waals surface area contributed by atoms with Gasteiger partial charge in [-0.3, -0.25) is 29.9 Å². The summed E-state index contributed by atoms with van der Waals surface area (Å²) in [7, 11) is 1.89. The maximum Gasteiger partial charge on any atom is 0.269 e. The van der Waals surface area contributed by atoms with Crippen LogP contribution in [0.5, 0.6) is 0 Å². The van der Waals surface area contributed by atoms with Crippen molar-refractivity contribution in [2.45, 2.75) is 0 Å². The van der Waals surface area contributed by atoms with Crippen LogP contribution < -0.4 is 0 Å². The molecule has 142 valence electrons. The molecule has 2 aromatic rings. The Kier molecular flexibility index (Phi) is 5.42. The van der Waals surface area contributed by atoms with Gasteiger partial charge in [0.15, 0.2) is 5.78 Å². The molecule has 1 fully saturated rings. The fraction of sp³-hybridized carbons (Fsp3) is 0.150. The Morgan fingerprint density at radius 2 is 1.14 bits per heavy atom. The summed E-state index contributed by atoms with van der Waals surface area (Å²) in [6.07, 6.45) is 3.46. The zero-order valence-electron chi connectivity index (χ0n) is 15.1. The van der Waals surface area contributed by atoms with E-state index in [-0.39, 0.29) is 17.2 Å². The summed E-state index contributed by atoms with van der Waals surface area (Å²) in [6.45, 7) is 0.931. The number of non-ortho nitro benzene ring substituents is 2. The molecule has 2 aromatic carbocycles. The van der Waals surface area contributed by atoms with E-state index in [1.165, 1.54) is 24.3 Å². The third kappa shape index (κ3) is 4.36. The topological polar surface area (TPSA) is 107 Å². The highest BCUT2D eigenvalue weighted by atomic mass is 16.6. The average Bonchev–Trinajstić information content (AvgIpc) is 2.66. The van der Waals surface area contributed by atoms with Crippen LogP contribution in [0.3, 0.4) is 0 Å². The summed E-state index contributed by atoms with van der Waals surface area (Å²) in [4.78, 5) is 35.4. The number of nitrogens with zero attached hydrogens (tertiary/aromatic N) is 3. The lowest BCUT2D eigenvalue weighted by molar-refractivity contribution is -0.385. The molecule has 8 nitrogen and oxygen atoms in total. The van der Waals surface area contributed by atoms with E-state index in [0.717, 1.165) is 0 Å². The number of carbonyl (C=O) groups excluding carboxylic acids is 1. The lowest BCUT2D eigenvalue weighted by Gasteiger charge is -2.26. The largest absolute Gasteiger partial charge is 0.298 e. The molecule has 0 bridgehead atoms. The monoisotopic (exact) mass is 379 g/mol. The highest BCUT2D eigenvalue weighted by Gasteiger charge is 2.24. The van der Waals surface area contributed by atoms with Gasteiger partial charge in [0.1, 0.15) is 0 Å². The van der Waals surface area contributed by atoms with E-state index >= 15 is 0 Å². The number of hydrogen-bond acceptors (Lipinski definition) is 6. The van der Waals surface area contributed by atoms with Gasteiger partial charge < -0.3 is 0 Å². The van der Waals surface area contributed by atoms with Crippen molar-refractivity contribution in [1.82, 2.24) is 4.90 Å². The summed E-state index contributed by atoms with van der Waals surface area (Å²) in [6, 6.07) is 12.0. The van der Waals surface area contributed by atoms with Gasteiger partial charge >= 0.3 is 0 Å². The first kappa shape index (κ1) is 19.1. The molecule has 1 saturated heterocycles. The van der Waals surface area contributed by atoms with Crippen molar-refractivity contribution in [2.75, 3.05) is 20.1 Å². The second-order valence-corrected chi connectivity index (χ2v) is 6.54. The molecule has 1 aliphatic rings. The van der Waals surface area contributed by atoms with Crippen molar-refractivity contribution < 1.29 is 14.6 Å². The number of likely N-dealkylation sites (N-methyl/N-ethyl adjacent to an activating group) is 1. The number of Topliss-reactive ketones (excluding diaryl/α,β-unsaturated/α-hetero) is 1. The lowest BCUT2D eigenvalue weighted by Crippen LogP contribution is -2.34. The number of piperidine rings is 1. The fourth-order valence-corrected chi connectivity index (χ4v) is 3.00. The second-order valence-electron chi connectivity index (χ2n) is 6.54. The van der Waals surface area contributed by atoms with E-state index in [2.05, 4.69) is 0 Å². The Morgan fingerprint density at radius 3 is 1.46 bits per heavy atom. The first-order chi connectivity index (χ1) is 13.3. The smallest absolute Gasteiger partial charge is 0.269 e. The van der Waals surface area contributed by atoms with Crippen LogP contribution in [0.15, 0.2) is 59.7 Å². The van der Waals surface area contributed by atoms with Gasteiger partial charge in [-0.05, 0) is 54.6 Å². The summed E-state index contributed by atoms with van der Waals surface area (Å²) < 4.78 is 0. The molecule has 0 radical (unpaired) electrons. The van der Waals surface area contributed by atoms with Gasteiger partial charge in [-0.15, -0.1) is 0 Å². The minimum Gasteiger partial charge on any atom is -0.298 e. The molecule has 28 heavy (non-hydrogen) atoms. The molecule has 0 unspecified atom stereocenters. The molecule has 8 heteroatoms. The van der Waals surface area contributed by atoms with Crippen molar-refractivity contribution in [3.05, 3.63) is 91.0 Å². The number of carbonyl (C=O) groups is 1. The summed E-state index contributed by atoms with van der Waals surface area (Å²) >= 11 is 0. The molecule has 1 aliphatic heterocycles. The van der Waals surface area contributed by atoms with Crippen LogP contribution in [0.25, 0.3) is 12.2 Å². The van der Waals surface area contributed by atoms with Crippen LogP contribution in [-0.4, -0.2) is 40.7 Å². The number of nitro groups is 2. The molecule has 1 heterocycles. The normalized spacial score (nSPS) is 17.8. The van der Waals surface area contributed by atoms with Gasteiger partial charge in [-0.2, -0.15) is 0 Å². The van der Waals surface area contributed by atoms with Crippen molar-refractivity contribution >= 4 is 29.3 Å². The van der Waals surface area contributed by atoms with Crippen LogP contribution in [0.1, 0.15) is 11.1 Å². The molecule has 0 saturated carbocycles. The number of hydrogen-bond donors (Lipinski definition) is 0. The molecule has 3 rings (SSSR count). The molecule has 0 N–H and O–H groups in total. The van der Waals surface area contributed by atoms with Gasteiger partial charge in [0, 0.05) is 48.5 Å². The van der Waals surface area contributed by atoms with Crippen LogP contribution in [0, 0.1) is 20.2 Å². The fourth-order valence-electron chi connectivity index (χ4n) is 3.00. The number of nitro benzene ring substituents is 2. The second kappa shape index (κ2) is 7.93. The zero-order valence-corrected chi connectivity index (χ0v) is 15.1. The highest BCUT2D eigenvalue weighted by Crippen LogP contribution is 2.23. The van der Waals surface area contributed by atoms with E-state index < -0.39 is 9.85 Å². The van der Waals surface area contributed by atoms with E-state index in [4.69, 9.17) is 0 Å². The van der Waals surface area contributed by atoms with Crippen LogP contribution in [0.2, 0.25) is 0 Å². The quantitative estimate of drug-likeness (QED) is 0.457. The Labute approximate surface area is 160 Å². The molecule has 0 aromatic heterocycles. The first-order valence-electron chi connectivity index (χ1n) is 8.47. The molecule has 0 spiro atoms. The van der Waals surface area contributed by atoms with E-state index in [1.807, 2.05) is 11.9 Å². The highest BCUT2D eigenvalue weighted by molar-refractivity contribution is 6.14. The van der Waals surface area contributed by atoms with Crippen LogP contribution in [-0.2, 0) is 4.79 Å². The number of rotatable bonds is 4. The number of likely N-dealkylation sites (tertiary alicyclic amines) is 1. The van der Waals surface area contributed by atoms with Crippen molar-refractivity contribution in [2.24, 2.45) is 0 Å². The van der Waals surface area contributed by atoms with Crippen molar-refractivity contribution in [3.63, 3.8) is 0 Å². The number of ketones is 1. The molecular formula is C20H17N3O5. The van der Waals surface area contributed by atoms with Crippen molar-refractivity contribution in [1.29, 1.82) is 0 Å². The predicted molar refractivity (Wildman–Crippen MR) is 105 cm³/mol. The molecule has 0 amide bonds. The Morgan fingerprint density at radius 1 is 0.786 bits per heavy atom. The number of benzene rings is 2. The Hall–Kier alpha value is -3.65. The maximum absolute atomic E-state index is 12.9. The van der Waals surface area contributed by atoms with Gasteiger partial charge in [0.2, 0.25) is 0 Å². The van der Waals surface area contributed by atoms with Gasteiger partial charge in [-0.25, -0.2) is 0 Å². The van der Waals surface area contributed by atoms with Crippen LogP contribution >= 0.6 is 0 Å². The first-order valence-corrected chi connectivity index (χ1v) is 8.47. The van der Waals surface area contributed by atoms with E-state index in [9.17, 15) is 25.0 Å². The van der Waals surface area contributed by atoms with Gasteiger partial charge in [0.05, 0.1) is 9.85 Å². The minimum absolute atomic E-state index is 0.00649. The van der Waals surface area contributed by atoms with E-state index in [0.29, 0.717) is 35.4 Å². The maximum atomic E-state index is 12.9. The molecule has 0 aliphatic carbocycles. The minimum atomic E-state index is -0.471. The zero-order chi connectivity index (χ0) is 20.3. The standard InChI is InChI=1S/C20H17N3O5/c1-21-12-16(10-14-2-6-18(7-3-14)22(25)26)20(24)17(13-21)11-15-4-8-19(9-5-15)23(27)28/h2-11H,12-13H2,1H3/b16-10+,17-11+. The van der Waals surface area contributed by atoms with Crippen molar-refractivity contribution in [3.8, 4) is 0 Å².